The van der Waals surface area contributed by atoms with Crippen LogP contribution in [-0.2, 0) is 11.3 Å². The van der Waals surface area contributed by atoms with Crippen LogP contribution in [-0.4, -0.2) is 50.8 Å². The number of nitrogens with zero attached hydrogens (tertiary/aromatic N) is 3. The lowest BCUT2D eigenvalue weighted by Gasteiger charge is -2.31. The van der Waals surface area contributed by atoms with Gasteiger partial charge in [-0.25, -0.2) is 4.98 Å². The largest absolute Gasteiger partial charge is 0.506 e. The van der Waals surface area contributed by atoms with E-state index in [-0.39, 0.29) is 29.3 Å². The summed E-state index contributed by atoms with van der Waals surface area (Å²) in [7, 11) is 0. The third-order valence-corrected chi connectivity index (χ3v) is 4.71. The Morgan fingerprint density at radius 1 is 1.23 bits per heavy atom. The van der Waals surface area contributed by atoms with Crippen molar-refractivity contribution in [3.8, 4) is 5.75 Å². The maximum absolute atomic E-state index is 12.7. The number of hydrogen-bond acceptors (Lipinski definition) is 4. The Morgan fingerprint density at radius 2 is 2.00 bits per heavy atom. The highest BCUT2D eigenvalue weighted by atomic mass is 16.3. The quantitative estimate of drug-likeness (QED) is 0.916. The van der Waals surface area contributed by atoms with Gasteiger partial charge in [0.15, 0.2) is 0 Å². The summed E-state index contributed by atoms with van der Waals surface area (Å²) in [4.78, 5) is 33.0. The van der Waals surface area contributed by atoms with Crippen LogP contribution in [0.5, 0.6) is 5.75 Å². The van der Waals surface area contributed by atoms with Crippen molar-refractivity contribution in [2.24, 2.45) is 0 Å². The maximum atomic E-state index is 12.7. The van der Waals surface area contributed by atoms with E-state index in [1.54, 1.807) is 4.90 Å². The molecule has 1 N–H and O–H groups in total. The Balaban J connectivity index is 1.77. The molecule has 0 aliphatic carbocycles. The van der Waals surface area contributed by atoms with Crippen LogP contribution < -0.4 is 0 Å². The Hall–Kier alpha value is -2.89. The first-order chi connectivity index (χ1) is 12.6. The van der Waals surface area contributed by atoms with E-state index in [0.717, 1.165) is 12.0 Å². The first-order valence-corrected chi connectivity index (χ1v) is 8.86. The van der Waals surface area contributed by atoms with Crippen LogP contribution in [0.25, 0.3) is 0 Å². The Morgan fingerprint density at radius 3 is 2.65 bits per heavy atom. The highest BCUT2D eigenvalue weighted by Gasteiger charge is 2.31. The zero-order valence-corrected chi connectivity index (χ0v) is 14.8. The highest BCUT2D eigenvalue weighted by molar-refractivity contribution is 5.93. The van der Waals surface area contributed by atoms with Crippen LogP contribution in [0.4, 0.5) is 0 Å². The lowest BCUT2D eigenvalue weighted by Crippen LogP contribution is -2.43. The molecule has 1 unspecified atom stereocenters. The Bertz CT molecular complexity index is 762. The topological polar surface area (TPSA) is 73.7 Å². The van der Waals surface area contributed by atoms with E-state index in [9.17, 15) is 14.7 Å². The molecule has 2 amide bonds. The number of carbonyl (C=O) groups is 2. The lowest BCUT2D eigenvalue weighted by molar-refractivity contribution is -0.133. The van der Waals surface area contributed by atoms with Crippen molar-refractivity contribution in [1.29, 1.82) is 0 Å². The minimum absolute atomic E-state index is 0.0214. The first-order valence-electron chi connectivity index (χ1n) is 8.86. The third kappa shape index (κ3) is 4.02. The minimum Gasteiger partial charge on any atom is -0.506 e. The molecule has 1 saturated heterocycles. The molecule has 0 spiro atoms. The number of amides is 2. The molecular weight excluding hydrogens is 330 g/mol. The number of hydrogen-bond donors (Lipinski definition) is 1. The van der Waals surface area contributed by atoms with Crippen molar-refractivity contribution in [3.05, 3.63) is 59.9 Å². The van der Waals surface area contributed by atoms with E-state index in [4.69, 9.17) is 0 Å². The molecular formula is C20H23N3O3. The average molecular weight is 353 g/mol. The number of carbonyl (C=O) groups excluding carboxylic acids is 2. The highest BCUT2D eigenvalue weighted by Crippen LogP contribution is 2.19. The zero-order valence-electron chi connectivity index (χ0n) is 14.8. The Kier molecular flexibility index (Phi) is 5.51. The van der Waals surface area contributed by atoms with Crippen molar-refractivity contribution in [3.63, 3.8) is 0 Å². The number of benzene rings is 1. The van der Waals surface area contributed by atoms with Crippen LogP contribution in [0.15, 0.2) is 48.7 Å². The smallest absolute Gasteiger partial charge is 0.272 e. The van der Waals surface area contributed by atoms with Crippen molar-refractivity contribution in [2.75, 3.05) is 13.1 Å². The fourth-order valence-electron chi connectivity index (χ4n) is 3.23. The van der Waals surface area contributed by atoms with Gasteiger partial charge in [-0.05, 0) is 24.1 Å². The summed E-state index contributed by atoms with van der Waals surface area (Å²) in [5.41, 5.74) is 1.36. The van der Waals surface area contributed by atoms with E-state index in [1.807, 2.05) is 42.2 Å². The van der Waals surface area contributed by atoms with Gasteiger partial charge in [0.25, 0.3) is 5.91 Å². The molecule has 1 fully saturated rings. The van der Waals surface area contributed by atoms with E-state index in [1.165, 1.54) is 18.3 Å². The molecule has 2 heterocycles. The van der Waals surface area contributed by atoms with E-state index < -0.39 is 0 Å². The first kappa shape index (κ1) is 17.9. The maximum Gasteiger partial charge on any atom is 0.272 e. The SMILES string of the molecule is CCC1CN(C(=O)c2ccc(O)cn2)CCC(=O)N1Cc1ccccc1. The second-order valence-electron chi connectivity index (χ2n) is 6.47. The second kappa shape index (κ2) is 7.99. The van der Waals surface area contributed by atoms with Gasteiger partial charge in [-0.2, -0.15) is 0 Å². The molecule has 1 aromatic carbocycles. The molecule has 1 aliphatic heterocycles. The molecule has 3 rings (SSSR count). The summed E-state index contributed by atoms with van der Waals surface area (Å²) in [6.45, 7) is 3.44. The van der Waals surface area contributed by atoms with Gasteiger partial charge in [0.2, 0.25) is 5.91 Å². The van der Waals surface area contributed by atoms with Gasteiger partial charge in [-0.15, -0.1) is 0 Å². The summed E-state index contributed by atoms with van der Waals surface area (Å²) in [5.74, 6) is -0.124. The van der Waals surface area contributed by atoms with Crippen molar-refractivity contribution >= 4 is 11.8 Å². The van der Waals surface area contributed by atoms with Crippen molar-refractivity contribution in [1.82, 2.24) is 14.8 Å². The van der Waals surface area contributed by atoms with Gasteiger partial charge in [-0.3, -0.25) is 9.59 Å². The van der Waals surface area contributed by atoms with Crippen LogP contribution in [0, 0.1) is 0 Å². The van der Waals surface area contributed by atoms with Gasteiger partial charge in [0.1, 0.15) is 11.4 Å². The standard InChI is InChI=1S/C20H23N3O3/c1-2-16-14-22(20(26)18-9-8-17(24)12-21-18)11-10-19(25)23(16)13-15-6-4-3-5-7-15/h3-9,12,16,24H,2,10-11,13-14H2,1H3. The van der Waals surface area contributed by atoms with Gasteiger partial charge < -0.3 is 14.9 Å². The van der Waals surface area contributed by atoms with Gasteiger partial charge in [0, 0.05) is 32.1 Å². The van der Waals surface area contributed by atoms with E-state index in [2.05, 4.69) is 4.98 Å². The number of aromatic nitrogens is 1. The summed E-state index contributed by atoms with van der Waals surface area (Å²) in [6.07, 6.45) is 2.33. The summed E-state index contributed by atoms with van der Waals surface area (Å²) in [5, 5.41) is 9.34. The molecule has 0 radical (unpaired) electrons. The van der Waals surface area contributed by atoms with Crippen LogP contribution in [0.2, 0.25) is 0 Å². The number of pyridine rings is 1. The summed E-state index contributed by atoms with van der Waals surface area (Å²) < 4.78 is 0. The molecule has 26 heavy (non-hydrogen) atoms. The lowest BCUT2D eigenvalue weighted by atomic mass is 10.1. The molecule has 1 aromatic heterocycles. The minimum atomic E-state index is -0.210. The fraction of sp³-hybridized carbons (Fsp3) is 0.350. The molecule has 1 aliphatic rings. The molecule has 2 aromatic rings. The fourth-order valence-corrected chi connectivity index (χ4v) is 3.23. The normalized spacial score (nSPS) is 17.9. The number of aromatic hydroxyl groups is 1. The Labute approximate surface area is 153 Å². The monoisotopic (exact) mass is 353 g/mol. The van der Waals surface area contributed by atoms with E-state index in [0.29, 0.717) is 26.1 Å². The number of rotatable bonds is 4. The van der Waals surface area contributed by atoms with Gasteiger partial charge in [-0.1, -0.05) is 37.3 Å². The van der Waals surface area contributed by atoms with Gasteiger partial charge in [0.05, 0.1) is 6.20 Å². The predicted molar refractivity (Wildman–Crippen MR) is 97.5 cm³/mol. The van der Waals surface area contributed by atoms with Crippen molar-refractivity contribution in [2.45, 2.75) is 32.4 Å². The van der Waals surface area contributed by atoms with Crippen LogP contribution >= 0.6 is 0 Å². The molecule has 0 bridgehead atoms. The third-order valence-electron chi connectivity index (χ3n) is 4.71. The average Bonchev–Trinajstić information content (AvgIpc) is 2.82. The molecule has 136 valence electrons. The molecule has 6 nitrogen and oxygen atoms in total. The van der Waals surface area contributed by atoms with Crippen LogP contribution in [0.1, 0.15) is 35.8 Å². The second-order valence-corrected chi connectivity index (χ2v) is 6.47. The van der Waals surface area contributed by atoms with Gasteiger partial charge >= 0.3 is 0 Å². The molecule has 0 saturated carbocycles. The molecule has 6 heteroatoms. The summed E-state index contributed by atoms with van der Waals surface area (Å²) in [6, 6.07) is 12.8. The zero-order chi connectivity index (χ0) is 18.5. The predicted octanol–water partition coefficient (Wildman–Crippen LogP) is 2.44. The van der Waals surface area contributed by atoms with Crippen LogP contribution in [0.3, 0.4) is 0 Å². The summed E-state index contributed by atoms with van der Waals surface area (Å²) >= 11 is 0. The molecule has 1 atom stereocenters. The van der Waals surface area contributed by atoms with E-state index >= 15 is 0 Å². The van der Waals surface area contributed by atoms with Crippen molar-refractivity contribution < 1.29 is 14.7 Å².